The number of carbonyl (C=O) groups is 1. The standard InChI is InChI=1S/C26H23FN4O3/c1-17-7-13-22(14-8-17)31-26(34)30(16-20-6-4-3-5-18(20)2)25(33)23(29-31)24(32)28-15-19-9-11-21(27)12-10-19/h3-14H,15-16H2,1-2H3,(H,28,32). The molecule has 1 N–H and O–H groups in total. The van der Waals surface area contributed by atoms with Crippen molar-refractivity contribution in [2.45, 2.75) is 26.9 Å². The number of aryl methyl sites for hydroxylation is 2. The molecular formula is C26H23FN4O3. The van der Waals surface area contributed by atoms with E-state index < -0.39 is 22.9 Å². The summed E-state index contributed by atoms with van der Waals surface area (Å²) >= 11 is 0. The maximum Gasteiger partial charge on any atom is 0.352 e. The zero-order valence-corrected chi connectivity index (χ0v) is 18.8. The van der Waals surface area contributed by atoms with Crippen LogP contribution < -0.4 is 16.6 Å². The number of hydrogen-bond acceptors (Lipinski definition) is 4. The molecule has 1 aromatic heterocycles. The van der Waals surface area contributed by atoms with Crippen molar-refractivity contribution in [3.63, 3.8) is 0 Å². The van der Waals surface area contributed by atoms with Crippen molar-refractivity contribution in [1.82, 2.24) is 19.7 Å². The fraction of sp³-hybridized carbons (Fsp3) is 0.154. The number of hydrogen-bond donors (Lipinski definition) is 1. The van der Waals surface area contributed by atoms with Crippen LogP contribution in [0.5, 0.6) is 0 Å². The van der Waals surface area contributed by atoms with E-state index in [0.29, 0.717) is 11.3 Å². The average molecular weight is 458 g/mol. The van der Waals surface area contributed by atoms with Crippen LogP contribution in [-0.2, 0) is 13.1 Å². The Morgan fingerprint density at radius 2 is 1.62 bits per heavy atom. The molecule has 0 saturated heterocycles. The average Bonchev–Trinajstić information content (AvgIpc) is 2.83. The highest BCUT2D eigenvalue weighted by atomic mass is 19.1. The summed E-state index contributed by atoms with van der Waals surface area (Å²) in [7, 11) is 0. The Morgan fingerprint density at radius 1 is 0.941 bits per heavy atom. The number of amides is 1. The number of benzene rings is 3. The van der Waals surface area contributed by atoms with Crippen LogP contribution in [0, 0.1) is 19.7 Å². The Labute approximate surface area is 195 Å². The monoisotopic (exact) mass is 458 g/mol. The highest BCUT2D eigenvalue weighted by molar-refractivity contribution is 5.91. The van der Waals surface area contributed by atoms with Gasteiger partial charge in [0.2, 0.25) is 5.69 Å². The van der Waals surface area contributed by atoms with Gasteiger partial charge < -0.3 is 5.32 Å². The molecule has 7 nitrogen and oxygen atoms in total. The summed E-state index contributed by atoms with van der Waals surface area (Å²) in [5, 5.41) is 6.75. The van der Waals surface area contributed by atoms with Gasteiger partial charge in [-0.1, -0.05) is 54.1 Å². The smallest absolute Gasteiger partial charge is 0.346 e. The van der Waals surface area contributed by atoms with Crippen molar-refractivity contribution in [1.29, 1.82) is 0 Å². The first kappa shape index (κ1) is 22.8. The number of carbonyl (C=O) groups excluding carboxylic acids is 1. The first-order valence-electron chi connectivity index (χ1n) is 10.7. The van der Waals surface area contributed by atoms with Gasteiger partial charge in [-0.2, -0.15) is 9.78 Å². The fourth-order valence-corrected chi connectivity index (χ4v) is 3.48. The molecule has 0 aliphatic heterocycles. The summed E-state index contributed by atoms with van der Waals surface area (Å²) in [5.41, 5.74) is 1.93. The van der Waals surface area contributed by atoms with Gasteiger partial charge in [0.15, 0.2) is 0 Å². The lowest BCUT2D eigenvalue weighted by Crippen LogP contribution is -2.46. The molecule has 0 unspecified atom stereocenters. The molecular weight excluding hydrogens is 435 g/mol. The minimum absolute atomic E-state index is 0.00301. The topological polar surface area (TPSA) is 86.0 Å². The number of halogens is 1. The predicted molar refractivity (Wildman–Crippen MR) is 127 cm³/mol. The number of rotatable bonds is 6. The lowest BCUT2D eigenvalue weighted by molar-refractivity contribution is 0.0941. The van der Waals surface area contributed by atoms with E-state index in [2.05, 4.69) is 10.4 Å². The summed E-state index contributed by atoms with van der Waals surface area (Å²) in [5.74, 6) is -1.12. The maximum absolute atomic E-state index is 13.3. The maximum atomic E-state index is 13.3. The van der Waals surface area contributed by atoms with Crippen molar-refractivity contribution >= 4 is 5.91 Å². The minimum atomic E-state index is -0.784. The molecule has 4 rings (SSSR count). The number of nitrogens with one attached hydrogen (secondary N) is 1. The molecule has 34 heavy (non-hydrogen) atoms. The van der Waals surface area contributed by atoms with E-state index in [1.807, 2.05) is 50.2 Å². The largest absolute Gasteiger partial charge is 0.352 e. The van der Waals surface area contributed by atoms with Crippen LogP contribution in [0.4, 0.5) is 4.39 Å². The molecule has 0 bridgehead atoms. The van der Waals surface area contributed by atoms with E-state index in [-0.39, 0.29) is 18.9 Å². The highest BCUT2D eigenvalue weighted by Gasteiger charge is 2.20. The van der Waals surface area contributed by atoms with Crippen LogP contribution in [0.25, 0.3) is 5.69 Å². The molecule has 0 aliphatic rings. The predicted octanol–water partition coefficient (Wildman–Crippen LogP) is 3.13. The Hall–Kier alpha value is -4.33. The molecule has 0 spiro atoms. The summed E-state index contributed by atoms with van der Waals surface area (Å²) in [6.07, 6.45) is 0. The van der Waals surface area contributed by atoms with Crippen LogP contribution >= 0.6 is 0 Å². The van der Waals surface area contributed by atoms with Gasteiger partial charge in [0.25, 0.3) is 11.5 Å². The number of aromatic nitrogens is 3. The second-order valence-electron chi connectivity index (χ2n) is 8.01. The third-order valence-corrected chi connectivity index (χ3v) is 5.51. The summed E-state index contributed by atoms with van der Waals surface area (Å²) in [4.78, 5) is 39.4. The zero-order valence-electron chi connectivity index (χ0n) is 18.8. The molecule has 172 valence electrons. The van der Waals surface area contributed by atoms with Crippen molar-refractivity contribution in [2.75, 3.05) is 0 Å². The highest BCUT2D eigenvalue weighted by Crippen LogP contribution is 2.09. The third-order valence-electron chi connectivity index (χ3n) is 5.51. The lowest BCUT2D eigenvalue weighted by Gasteiger charge is -2.13. The molecule has 0 atom stereocenters. The van der Waals surface area contributed by atoms with Gasteiger partial charge in [-0.25, -0.2) is 9.18 Å². The third kappa shape index (κ3) is 4.85. The van der Waals surface area contributed by atoms with E-state index in [9.17, 15) is 18.8 Å². The second-order valence-corrected chi connectivity index (χ2v) is 8.01. The molecule has 1 amide bonds. The van der Waals surface area contributed by atoms with Crippen LogP contribution in [0.2, 0.25) is 0 Å². The SMILES string of the molecule is Cc1ccc(-n2nc(C(=O)NCc3ccc(F)cc3)c(=O)n(Cc3ccccc3C)c2=O)cc1. The summed E-state index contributed by atoms with van der Waals surface area (Å²) < 4.78 is 15.2. The first-order valence-corrected chi connectivity index (χ1v) is 10.7. The van der Waals surface area contributed by atoms with E-state index in [4.69, 9.17) is 0 Å². The van der Waals surface area contributed by atoms with Crippen LogP contribution in [0.3, 0.4) is 0 Å². The second kappa shape index (κ2) is 9.66. The molecule has 0 fully saturated rings. The van der Waals surface area contributed by atoms with Gasteiger partial charge in [-0.05, 0) is 54.8 Å². The Bertz CT molecular complexity index is 1460. The van der Waals surface area contributed by atoms with Gasteiger partial charge in [0, 0.05) is 6.54 Å². The normalized spacial score (nSPS) is 10.8. The molecule has 0 radical (unpaired) electrons. The fourth-order valence-electron chi connectivity index (χ4n) is 3.48. The van der Waals surface area contributed by atoms with Crippen LogP contribution in [-0.4, -0.2) is 20.3 Å². The van der Waals surface area contributed by atoms with Crippen LogP contribution in [0.15, 0.2) is 82.4 Å². The molecule has 8 heteroatoms. The number of nitrogens with zero attached hydrogens (tertiary/aromatic N) is 3. The molecule has 0 aliphatic carbocycles. The minimum Gasteiger partial charge on any atom is -0.346 e. The Morgan fingerprint density at radius 3 is 2.29 bits per heavy atom. The van der Waals surface area contributed by atoms with Gasteiger partial charge >= 0.3 is 5.69 Å². The van der Waals surface area contributed by atoms with E-state index in [1.165, 1.54) is 24.3 Å². The van der Waals surface area contributed by atoms with Crippen LogP contribution in [0.1, 0.15) is 32.7 Å². The molecule has 0 saturated carbocycles. The molecule has 3 aromatic carbocycles. The molecule has 4 aromatic rings. The van der Waals surface area contributed by atoms with Crippen molar-refractivity contribution < 1.29 is 9.18 Å². The van der Waals surface area contributed by atoms with Crippen molar-refractivity contribution in [3.05, 3.63) is 127 Å². The van der Waals surface area contributed by atoms with Crippen molar-refractivity contribution in [3.8, 4) is 5.69 Å². The van der Waals surface area contributed by atoms with Crippen molar-refractivity contribution in [2.24, 2.45) is 0 Å². The summed E-state index contributed by atoms with van der Waals surface area (Å²) in [6.45, 7) is 3.86. The first-order chi connectivity index (χ1) is 16.3. The van der Waals surface area contributed by atoms with Gasteiger partial charge in [0.05, 0.1) is 12.2 Å². The quantitative estimate of drug-likeness (QED) is 0.481. The molecule has 1 heterocycles. The zero-order chi connectivity index (χ0) is 24.2. The van der Waals surface area contributed by atoms with Gasteiger partial charge in [0.1, 0.15) is 5.82 Å². The van der Waals surface area contributed by atoms with E-state index in [0.717, 1.165) is 25.9 Å². The lowest BCUT2D eigenvalue weighted by atomic mass is 10.1. The Balaban J connectivity index is 1.77. The van der Waals surface area contributed by atoms with Gasteiger partial charge in [-0.3, -0.25) is 14.2 Å². The van der Waals surface area contributed by atoms with E-state index in [1.54, 1.807) is 12.1 Å². The Kier molecular flexibility index (Phi) is 6.49. The summed E-state index contributed by atoms with van der Waals surface area (Å²) in [6, 6.07) is 20.1. The van der Waals surface area contributed by atoms with E-state index >= 15 is 0 Å². The van der Waals surface area contributed by atoms with Gasteiger partial charge in [-0.15, -0.1) is 0 Å².